The first kappa shape index (κ1) is 28.1. The van der Waals surface area contributed by atoms with E-state index in [2.05, 4.69) is 0 Å². The average molecular weight is 546 g/mol. The van der Waals surface area contributed by atoms with Crippen molar-refractivity contribution in [2.45, 2.75) is 52.3 Å². The highest BCUT2D eigenvalue weighted by Crippen LogP contribution is 2.48. The molecule has 10 heteroatoms. The second kappa shape index (κ2) is 10.7. The highest BCUT2D eigenvalue weighted by molar-refractivity contribution is 6.03. The summed E-state index contributed by atoms with van der Waals surface area (Å²) in [5.41, 5.74) is 6.41. The predicted octanol–water partition coefficient (Wildman–Crippen LogP) is 5.78. The van der Waals surface area contributed by atoms with Crippen LogP contribution in [-0.2, 0) is 31.8 Å². The number of carbonyl (C=O) groups is 2. The van der Waals surface area contributed by atoms with Gasteiger partial charge in [-0.1, -0.05) is 26.0 Å². The summed E-state index contributed by atoms with van der Waals surface area (Å²) in [7, 11) is 1.45. The standard InChI is InChI=1S/C29H30F3NO6/c1-5-37-27(35)25-23(24-20(34)13-28(2,3)14-22(24)39-26(25)33)16-9-10-21(36-4)17(11-16)15-38-19-8-6-7-18(12-19)29(30,31)32/h6-12,23H,5,13-15,33H2,1-4H3/t23-/m0/s1. The number of rotatable bonds is 7. The second-order valence-corrected chi connectivity index (χ2v) is 10.2. The normalized spacial score (nSPS) is 18.8. The number of ether oxygens (including phenoxy) is 4. The first-order valence-electron chi connectivity index (χ1n) is 12.4. The maximum atomic E-state index is 13.4. The van der Waals surface area contributed by atoms with Crippen molar-refractivity contribution in [2.24, 2.45) is 11.1 Å². The third kappa shape index (κ3) is 5.89. The molecule has 1 heterocycles. The summed E-state index contributed by atoms with van der Waals surface area (Å²) in [6.07, 6.45) is -3.81. The molecule has 2 N–H and O–H groups in total. The van der Waals surface area contributed by atoms with Crippen LogP contribution < -0.4 is 15.2 Å². The molecule has 0 fully saturated rings. The van der Waals surface area contributed by atoms with Crippen molar-refractivity contribution >= 4 is 11.8 Å². The van der Waals surface area contributed by atoms with Gasteiger partial charge in [0.15, 0.2) is 5.78 Å². The predicted molar refractivity (Wildman–Crippen MR) is 135 cm³/mol. The van der Waals surface area contributed by atoms with Crippen LogP contribution in [0.5, 0.6) is 11.5 Å². The zero-order valence-electron chi connectivity index (χ0n) is 22.1. The van der Waals surface area contributed by atoms with Gasteiger partial charge in [-0.3, -0.25) is 4.79 Å². The van der Waals surface area contributed by atoms with Crippen LogP contribution in [0.1, 0.15) is 56.2 Å². The van der Waals surface area contributed by atoms with Gasteiger partial charge in [-0.15, -0.1) is 0 Å². The third-order valence-electron chi connectivity index (χ3n) is 6.64. The molecule has 2 aromatic carbocycles. The van der Waals surface area contributed by atoms with E-state index in [0.29, 0.717) is 34.6 Å². The smallest absolute Gasteiger partial charge is 0.416 e. The molecule has 0 aromatic heterocycles. The number of ketones is 1. The Kier molecular flexibility index (Phi) is 7.68. The summed E-state index contributed by atoms with van der Waals surface area (Å²) in [4.78, 5) is 26.4. The Balaban J connectivity index is 1.76. The van der Waals surface area contributed by atoms with Gasteiger partial charge < -0.3 is 24.7 Å². The molecule has 2 aliphatic rings. The van der Waals surface area contributed by atoms with Gasteiger partial charge in [0.25, 0.3) is 0 Å². The molecular weight excluding hydrogens is 515 g/mol. The lowest BCUT2D eigenvalue weighted by atomic mass is 9.70. The van der Waals surface area contributed by atoms with Crippen molar-refractivity contribution in [1.82, 2.24) is 0 Å². The maximum absolute atomic E-state index is 13.4. The van der Waals surface area contributed by atoms with Crippen LogP contribution in [0.4, 0.5) is 13.2 Å². The van der Waals surface area contributed by atoms with Crippen molar-refractivity contribution in [3.05, 3.63) is 81.9 Å². The van der Waals surface area contributed by atoms with Crippen LogP contribution in [0.2, 0.25) is 0 Å². The highest BCUT2D eigenvalue weighted by atomic mass is 19.4. The van der Waals surface area contributed by atoms with Crippen molar-refractivity contribution < 1.29 is 41.7 Å². The fourth-order valence-electron chi connectivity index (χ4n) is 4.94. The number of benzene rings is 2. The molecule has 0 amide bonds. The van der Waals surface area contributed by atoms with Crippen LogP contribution in [-0.4, -0.2) is 25.5 Å². The van der Waals surface area contributed by atoms with Gasteiger partial charge in [0.05, 0.1) is 25.2 Å². The van der Waals surface area contributed by atoms with E-state index in [1.807, 2.05) is 13.8 Å². The number of nitrogens with two attached hydrogens (primary N) is 1. The zero-order valence-corrected chi connectivity index (χ0v) is 22.1. The summed E-state index contributed by atoms with van der Waals surface area (Å²) in [6.45, 7) is 5.51. The summed E-state index contributed by atoms with van der Waals surface area (Å²) in [5.74, 6) is -1.04. The molecule has 208 valence electrons. The fourth-order valence-corrected chi connectivity index (χ4v) is 4.94. The van der Waals surface area contributed by atoms with Gasteiger partial charge in [-0.05, 0) is 48.2 Å². The molecule has 7 nitrogen and oxygen atoms in total. The molecule has 39 heavy (non-hydrogen) atoms. The number of alkyl halides is 3. The first-order chi connectivity index (χ1) is 18.3. The fraction of sp³-hybridized carbons (Fsp3) is 0.379. The Morgan fingerprint density at radius 1 is 1.15 bits per heavy atom. The van der Waals surface area contributed by atoms with E-state index in [1.54, 1.807) is 25.1 Å². The Bertz CT molecular complexity index is 1360. The first-order valence-corrected chi connectivity index (χ1v) is 12.4. The SMILES string of the molecule is CCOC(=O)C1=C(N)OC2=C(C(=O)CC(C)(C)C2)[C@@H]1c1ccc(OC)c(COc2cccc(C(F)(F)F)c2)c1. The minimum absolute atomic E-state index is 0.0126. The molecule has 0 unspecified atom stereocenters. The summed E-state index contributed by atoms with van der Waals surface area (Å²) < 4.78 is 61.6. The largest absolute Gasteiger partial charge is 0.496 e. The van der Waals surface area contributed by atoms with Crippen LogP contribution in [0.25, 0.3) is 0 Å². The Labute approximate surface area is 224 Å². The van der Waals surface area contributed by atoms with E-state index in [4.69, 9.17) is 24.7 Å². The van der Waals surface area contributed by atoms with Crippen LogP contribution in [0, 0.1) is 5.41 Å². The lowest BCUT2D eigenvalue weighted by Crippen LogP contribution is -2.35. The minimum Gasteiger partial charge on any atom is -0.496 e. The molecule has 4 rings (SSSR count). The lowest BCUT2D eigenvalue weighted by molar-refractivity contribution is -0.139. The number of Topliss-reactive ketones (excluding diaryl/α,β-unsaturated/α-hetero) is 1. The van der Waals surface area contributed by atoms with E-state index in [-0.39, 0.29) is 48.0 Å². The summed E-state index contributed by atoms with van der Waals surface area (Å²) >= 11 is 0. The Morgan fingerprint density at radius 3 is 2.56 bits per heavy atom. The van der Waals surface area contributed by atoms with E-state index in [0.717, 1.165) is 12.1 Å². The van der Waals surface area contributed by atoms with Gasteiger partial charge >= 0.3 is 12.1 Å². The van der Waals surface area contributed by atoms with Crippen molar-refractivity contribution in [3.63, 3.8) is 0 Å². The molecule has 2 aromatic rings. The second-order valence-electron chi connectivity index (χ2n) is 10.2. The van der Waals surface area contributed by atoms with Crippen molar-refractivity contribution in [3.8, 4) is 11.5 Å². The van der Waals surface area contributed by atoms with Crippen molar-refractivity contribution in [1.29, 1.82) is 0 Å². The Morgan fingerprint density at radius 2 is 1.90 bits per heavy atom. The molecular formula is C29H30F3NO6. The molecule has 0 saturated heterocycles. The molecule has 0 radical (unpaired) electrons. The van der Waals surface area contributed by atoms with E-state index in [1.165, 1.54) is 19.2 Å². The topological polar surface area (TPSA) is 97.1 Å². The minimum atomic E-state index is -4.51. The van der Waals surface area contributed by atoms with Gasteiger partial charge in [0.2, 0.25) is 5.88 Å². The lowest BCUT2D eigenvalue weighted by Gasteiger charge is -2.38. The van der Waals surface area contributed by atoms with Crippen LogP contribution >= 0.6 is 0 Å². The number of hydrogen-bond donors (Lipinski definition) is 1. The van der Waals surface area contributed by atoms with Gasteiger partial charge in [0.1, 0.15) is 29.4 Å². The number of hydrogen-bond acceptors (Lipinski definition) is 7. The molecule has 1 aliphatic carbocycles. The molecule has 0 saturated carbocycles. The molecule has 1 atom stereocenters. The van der Waals surface area contributed by atoms with E-state index in [9.17, 15) is 22.8 Å². The van der Waals surface area contributed by atoms with Gasteiger partial charge in [-0.2, -0.15) is 13.2 Å². The van der Waals surface area contributed by atoms with E-state index < -0.39 is 23.6 Å². The van der Waals surface area contributed by atoms with Gasteiger partial charge in [0, 0.05) is 24.0 Å². The molecule has 0 bridgehead atoms. The number of methoxy groups -OCH3 is 1. The van der Waals surface area contributed by atoms with Crippen LogP contribution in [0.15, 0.2) is 65.3 Å². The van der Waals surface area contributed by atoms with Crippen molar-refractivity contribution in [2.75, 3.05) is 13.7 Å². The third-order valence-corrected chi connectivity index (χ3v) is 6.64. The van der Waals surface area contributed by atoms with E-state index >= 15 is 0 Å². The number of allylic oxidation sites excluding steroid dienone is 2. The number of esters is 1. The van der Waals surface area contributed by atoms with Crippen LogP contribution in [0.3, 0.4) is 0 Å². The van der Waals surface area contributed by atoms with Gasteiger partial charge in [-0.25, -0.2) is 4.79 Å². The number of halogens is 3. The Hall–Kier alpha value is -3.95. The zero-order chi connectivity index (χ0) is 28.5. The quantitative estimate of drug-likeness (QED) is 0.441. The maximum Gasteiger partial charge on any atom is 0.416 e. The average Bonchev–Trinajstić information content (AvgIpc) is 2.85. The summed E-state index contributed by atoms with van der Waals surface area (Å²) in [6, 6.07) is 9.59. The monoisotopic (exact) mass is 545 g/mol. The molecule has 1 aliphatic heterocycles. The summed E-state index contributed by atoms with van der Waals surface area (Å²) in [5, 5.41) is 0. The highest BCUT2D eigenvalue weighted by Gasteiger charge is 2.45. The number of carbonyl (C=O) groups excluding carboxylic acids is 2. The molecule has 0 spiro atoms.